The van der Waals surface area contributed by atoms with E-state index in [1.807, 2.05) is 68.0 Å². The van der Waals surface area contributed by atoms with Crippen molar-refractivity contribution in [2.75, 3.05) is 31.1 Å². The van der Waals surface area contributed by atoms with Crippen molar-refractivity contribution in [2.24, 2.45) is 0 Å². The lowest BCUT2D eigenvalue weighted by molar-refractivity contribution is -0.130. The number of benzene rings is 1. The van der Waals surface area contributed by atoms with E-state index in [1.165, 1.54) is 4.57 Å². The smallest absolute Gasteiger partial charge is 0.333 e. The fourth-order valence-electron chi connectivity index (χ4n) is 4.50. The first-order valence-electron chi connectivity index (χ1n) is 11.2. The van der Waals surface area contributed by atoms with Crippen LogP contribution in [0.5, 0.6) is 0 Å². The summed E-state index contributed by atoms with van der Waals surface area (Å²) < 4.78 is 2.98. The number of carbonyl (C=O) groups is 1. The van der Waals surface area contributed by atoms with Crippen LogP contribution in [0.2, 0.25) is 0 Å². The van der Waals surface area contributed by atoms with Crippen LogP contribution in [-0.4, -0.2) is 51.1 Å². The molecule has 0 aliphatic carbocycles. The minimum absolute atomic E-state index is 0.0790. The van der Waals surface area contributed by atoms with Gasteiger partial charge in [0.05, 0.1) is 6.42 Å². The number of fused-ring (bicyclic) bond motifs is 1. The van der Waals surface area contributed by atoms with Gasteiger partial charge in [0.1, 0.15) is 5.82 Å². The lowest BCUT2D eigenvalue weighted by Crippen LogP contribution is -2.52. The van der Waals surface area contributed by atoms with E-state index < -0.39 is 0 Å². The largest absolute Gasteiger partial charge is 0.361 e. The van der Waals surface area contributed by atoms with Crippen molar-refractivity contribution in [1.82, 2.24) is 19.0 Å². The molecular weight excluding hydrogens is 406 g/mol. The summed E-state index contributed by atoms with van der Waals surface area (Å²) in [6.45, 7) is 9.84. The molecule has 32 heavy (non-hydrogen) atoms. The number of H-pyrrole nitrogens is 1. The molecule has 1 aromatic carbocycles. The molecule has 0 spiro atoms. The number of piperazine rings is 1. The van der Waals surface area contributed by atoms with E-state index in [1.54, 1.807) is 10.6 Å². The number of para-hydroxylation sites is 1. The number of nitrogens with one attached hydrogen (secondary N) is 1. The first-order chi connectivity index (χ1) is 15.3. The van der Waals surface area contributed by atoms with E-state index >= 15 is 0 Å². The molecule has 1 aliphatic rings. The zero-order valence-electron chi connectivity index (χ0n) is 19.2. The zero-order valence-corrected chi connectivity index (χ0v) is 19.2. The molecule has 3 aromatic rings. The maximum absolute atomic E-state index is 13.0. The van der Waals surface area contributed by atoms with Crippen LogP contribution in [0.3, 0.4) is 0 Å². The standard InChI is InChI=1S/C24H31N5O3/c1-16(2)28-21(14-23(31)29(17(3)4)24(28)32)26-9-11-27(12-10-26)22(30)13-18-15-25-20-8-6-5-7-19(18)20/h5-8,14-17,25H,9-13H2,1-4H3. The Hall–Kier alpha value is -3.29. The molecule has 2 aromatic heterocycles. The Kier molecular flexibility index (Phi) is 5.95. The van der Waals surface area contributed by atoms with Gasteiger partial charge in [-0.3, -0.25) is 18.7 Å². The second-order valence-corrected chi connectivity index (χ2v) is 8.95. The summed E-state index contributed by atoms with van der Waals surface area (Å²) in [6, 6.07) is 9.26. The van der Waals surface area contributed by atoms with Gasteiger partial charge < -0.3 is 14.8 Å². The quantitative estimate of drug-likeness (QED) is 0.665. The average Bonchev–Trinajstić information content (AvgIpc) is 3.15. The fraction of sp³-hybridized carbons (Fsp3) is 0.458. The van der Waals surface area contributed by atoms with Crippen molar-refractivity contribution >= 4 is 22.6 Å². The van der Waals surface area contributed by atoms with Gasteiger partial charge in [0.2, 0.25) is 5.91 Å². The first-order valence-corrected chi connectivity index (χ1v) is 11.2. The maximum Gasteiger partial charge on any atom is 0.333 e. The van der Waals surface area contributed by atoms with Crippen molar-refractivity contribution in [2.45, 2.75) is 46.2 Å². The van der Waals surface area contributed by atoms with Crippen molar-refractivity contribution < 1.29 is 4.79 Å². The van der Waals surface area contributed by atoms with E-state index in [0.717, 1.165) is 16.5 Å². The molecule has 170 valence electrons. The van der Waals surface area contributed by atoms with Crippen LogP contribution < -0.4 is 16.1 Å². The number of rotatable bonds is 5. The lowest BCUT2D eigenvalue weighted by Gasteiger charge is -2.37. The summed E-state index contributed by atoms with van der Waals surface area (Å²) in [4.78, 5) is 45.7. The van der Waals surface area contributed by atoms with Crippen LogP contribution in [0, 0.1) is 0 Å². The molecule has 0 saturated carbocycles. The summed E-state index contributed by atoms with van der Waals surface area (Å²) in [6.07, 6.45) is 2.26. The van der Waals surface area contributed by atoms with Crippen LogP contribution in [0.4, 0.5) is 5.82 Å². The third kappa shape index (κ3) is 3.97. The molecule has 3 heterocycles. The SMILES string of the molecule is CC(C)n1c(N2CCN(C(=O)Cc3c[nH]c4ccccc34)CC2)cc(=O)n(C(C)C)c1=O. The topological polar surface area (TPSA) is 83.3 Å². The van der Waals surface area contributed by atoms with Crippen LogP contribution in [-0.2, 0) is 11.2 Å². The predicted octanol–water partition coefficient (Wildman–Crippen LogP) is 2.54. The van der Waals surface area contributed by atoms with E-state index in [9.17, 15) is 14.4 Å². The Bertz CT molecular complexity index is 1240. The Morgan fingerprint density at radius 2 is 1.62 bits per heavy atom. The molecule has 0 unspecified atom stereocenters. The summed E-state index contributed by atoms with van der Waals surface area (Å²) in [7, 11) is 0. The van der Waals surface area contributed by atoms with Crippen molar-refractivity contribution in [3.05, 3.63) is 62.9 Å². The van der Waals surface area contributed by atoms with Crippen LogP contribution in [0.25, 0.3) is 10.9 Å². The second kappa shape index (κ2) is 8.68. The van der Waals surface area contributed by atoms with Gasteiger partial charge in [-0.25, -0.2) is 4.79 Å². The van der Waals surface area contributed by atoms with Crippen molar-refractivity contribution in [3.63, 3.8) is 0 Å². The lowest BCUT2D eigenvalue weighted by atomic mass is 10.1. The molecule has 0 radical (unpaired) electrons. The first kappa shape index (κ1) is 21.9. The maximum atomic E-state index is 13.0. The molecule has 0 bridgehead atoms. The Labute approximate surface area is 187 Å². The fourth-order valence-corrected chi connectivity index (χ4v) is 4.50. The summed E-state index contributed by atoms with van der Waals surface area (Å²) in [5.74, 6) is 0.724. The molecule has 1 fully saturated rings. The van der Waals surface area contributed by atoms with Gasteiger partial charge >= 0.3 is 5.69 Å². The number of aromatic amines is 1. The highest BCUT2D eigenvalue weighted by molar-refractivity contribution is 5.89. The van der Waals surface area contributed by atoms with E-state index in [4.69, 9.17) is 0 Å². The molecule has 1 aliphatic heterocycles. The van der Waals surface area contributed by atoms with E-state index in [-0.39, 0.29) is 29.2 Å². The van der Waals surface area contributed by atoms with Gasteiger partial charge in [-0.15, -0.1) is 0 Å². The number of nitrogens with zero attached hydrogens (tertiary/aromatic N) is 4. The van der Waals surface area contributed by atoms with Crippen LogP contribution >= 0.6 is 0 Å². The van der Waals surface area contributed by atoms with Crippen molar-refractivity contribution in [3.8, 4) is 0 Å². The van der Waals surface area contributed by atoms with E-state index in [0.29, 0.717) is 38.4 Å². The van der Waals surface area contributed by atoms with Gasteiger partial charge in [-0.05, 0) is 39.3 Å². The molecule has 8 heteroatoms. The van der Waals surface area contributed by atoms with Gasteiger partial charge in [0.15, 0.2) is 0 Å². The van der Waals surface area contributed by atoms with Gasteiger partial charge in [-0.1, -0.05) is 18.2 Å². The minimum atomic E-state index is -0.283. The number of hydrogen-bond donors (Lipinski definition) is 1. The van der Waals surface area contributed by atoms with Crippen LogP contribution in [0.15, 0.2) is 46.1 Å². The molecule has 0 atom stereocenters. The molecule has 1 N–H and O–H groups in total. The molecule has 8 nitrogen and oxygen atoms in total. The predicted molar refractivity (Wildman–Crippen MR) is 127 cm³/mol. The number of hydrogen-bond acceptors (Lipinski definition) is 4. The monoisotopic (exact) mass is 437 g/mol. The van der Waals surface area contributed by atoms with E-state index in [2.05, 4.69) is 4.98 Å². The molecule has 4 rings (SSSR count). The summed E-state index contributed by atoms with van der Waals surface area (Å²) >= 11 is 0. The highest BCUT2D eigenvalue weighted by Gasteiger charge is 2.26. The second-order valence-electron chi connectivity index (χ2n) is 8.95. The van der Waals surface area contributed by atoms with Gasteiger partial charge in [0.25, 0.3) is 5.56 Å². The van der Waals surface area contributed by atoms with Crippen LogP contribution in [0.1, 0.15) is 45.3 Å². The van der Waals surface area contributed by atoms with Crippen molar-refractivity contribution in [1.29, 1.82) is 0 Å². The minimum Gasteiger partial charge on any atom is -0.361 e. The Morgan fingerprint density at radius 1 is 0.969 bits per heavy atom. The Morgan fingerprint density at radius 3 is 2.28 bits per heavy atom. The number of aromatic nitrogens is 3. The summed E-state index contributed by atoms with van der Waals surface area (Å²) in [5.41, 5.74) is 1.46. The average molecular weight is 438 g/mol. The van der Waals surface area contributed by atoms with Gasteiger partial charge in [0, 0.05) is 61.4 Å². The normalized spacial score (nSPS) is 14.7. The zero-order chi connectivity index (χ0) is 23.0. The highest BCUT2D eigenvalue weighted by atomic mass is 16.2. The van der Waals surface area contributed by atoms with Gasteiger partial charge in [-0.2, -0.15) is 0 Å². The third-order valence-corrected chi connectivity index (χ3v) is 6.15. The third-order valence-electron chi connectivity index (χ3n) is 6.15. The molecule has 1 amide bonds. The molecule has 1 saturated heterocycles. The highest BCUT2D eigenvalue weighted by Crippen LogP contribution is 2.21. The number of amides is 1. The number of carbonyl (C=O) groups excluding carboxylic acids is 1. The number of anilines is 1. The molecular formula is C24H31N5O3. The summed E-state index contributed by atoms with van der Waals surface area (Å²) in [5, 5.41) is 1.08. The Balaban J connectivity index is 1.51.